The third-order valence-electron chi connectivity index (χ3n) is 6.08. The molecule has 0 heterocycles. The summed E-state index contributed by atoms with van der Waals surface area (Å²) < 4.78 is 0. The molecule has 0 spiro atoms. The molecule has 40 heavy (non-hydrogen) atoms. The van der Waals surface area contributed by atoms with Gasteiger partial charge in [-0.2, -0.15) is 0 Å². The molecule has 0 aliphatic carbocycles. The lowest BCUT2D eigenvalue weighted by molar-refractivity contribution is -0.147. The number of benzene rings is 3. The van der Waals surface area contributed by atoms with Gasteiger partial charge in [0.2, 0.25) is 23.6 Å². The summed E-state index contributed by atoms with van der Waals surface area (Å²) in [5, 5.41) is 10.2. The minimum absolute atomic E-state index is 0.134. The second kappa shape index (κ2) is 14.2. The Morgan fingerprint density at radius 3 is 2.20 bits per heavy atom. The first kappa shape index (κ1) is 30.3. The standard InChI is InChI=1S/C31H38N4O5/c1-21(29(38)32-20-24-15-10-14-23-13-8-9-16-25(23)24)33-30(39)26(19-28(37)35-40-31(2,3)4)34-27(36)18-17-22-11-6-5-7-12-22/h5-16,21,26H,17-20H2,1-4H3,(H,32,38)(H,33,39)(H,34,36)(H,35,37)/t21-,26-/m0/s1. The lowest BCUT2D eigenvalue weighted by atomic mass is 10.0. The smallest absolute Gasteiger partial charge is 0.246 e. The first-order valence-corrected chi connectivity index (χ1v) is 13.4. The molecule has 4 N–H and O–H groups in total. The van der Waals surface area contributed by atoms with Gasteiger partial charge in [0, 0.05) is 13.0 Å². The highest BCUT2D eigenvalue weighted by Crippen LogP contribution is 2.18. The zero-order chi connectivity index (χ0) is 29.1. The third kappa shape index (κ3) is 9.81. The number of carbonyl (C=O) groups is 4. The van der Waals surface area contributed by atoms with Crippen LogP contribution in [0.1, 0.15) is 51.7 Å². The normalized spacial score (nSPS) is 12.7. The predicted molar refractivity (Wildman–Crippen MR) is 154 cm³/mol. The average molecular weight is 547 g/mol. The van der Waals surface area contributed by atoms with E-state index in [9.17, 15) is 19.2 Å². The summed E-state index contributed by atoms with van der Waals surface area (Å²) in [7, 11) is 0. The summed E-state index contributed by atoms with van der Waals surface area (Å²) in [6, 6.07) is 21.1. The molecule has 3 aromatic rings. The van der Waals surface area contributed by atoms with Gasteiger partial charge in [-0.15, -0.1) is 0 Å². The van der Waals surface area contributed by atoms with Gasteiger partial charge in [0.15, 0.2) is 0 Å². The van der Waals surface area contributed by atoms with Gasteiger partial charge in [0.25, 0.3) is 0 Å². The maximum absolute atomic E-state index is 13.1. The molecule has 9 heteroatoms. The van der Waals surface area contributed by atoms with Crippen LogP contribution in [0.25, 0.3) is 10.8 Å². The molecule has 2 atom stereocenters. The number of nitrogens with one attached hydrogen (secondary N) is 4. The van der Waals surface area contributed by atoms with E-state index in [1.54, 1.807) is 27.7 Å². The van der Waals surface area contributed by atoms with E-state index >= 15 is 0 Å². The van der Waals surface area contributed by atoms with Gasteiger partial charge < -0.3 is 16.0 Å². The minimum atomic E-state index is -1.19. The highest BCUT2D eigenvalue weighted by molar-refractivity contribution is 5.95. The van der Waals surface area contributed by atoms with Gasteiger partial charge in [-0.3, -0.25) is 24.0 Å². The Balaban J connectivity index is 1.60. The molecule has 3 rings (SSSR count). The van der Waals surface area contributed by atoms with E-state index in [0.717, 1.165) is 21.9 Å². The van der Waals surface area contributed by atoms with Crippen molar-refractivity contribution in [3.63, 3.8) is 0 Å². The lowest BCUT2D eigenvalue weighted by Gasteiger charge is -2.23. The molecular formula is C31H38N4O5. The van der Waals surface area contributed by atoms with Gasteiger partial charge in [-0.25, -0.2) is 5.48 Å². The summed E-state index contributed by atoms with van der Waals surface area (Å²) >= 11 is 0. The molecule has 0 unspecified atom stereocenters. The zero-order valence-electron chi connectivity index (χ0n) is 23.5. The first-order chi connectivity index (χ1) is 19.0. The van der Waals surface area contributed by atoms with Crippen molar-refractivity contribution >= 4 is 34.4 Å². The maximum atomic E-state index is 13.1. The molecule has 9 nitrogen and oxygen atoms in total. The Kier molecular flexibility index (Phi) is 10.8. The Hall–Kier alpha value is -4.24. The van der Waals surface area contributed by atoms with E-state index in [1.807, 2.05) is 72.8 Å². The van der Waals surface area contributed by atoms with Crippen molar-refractivity contribution in [2.24, 2.45) is 0 Å². The second-order valence-electron chi connectivity index (χ2n) is 10.6. The highest BCUT2D eigenvalue weighted by atomic mass is 16.7. The number of rotatable bonds is 12. The Morgan fingerprint density at radius 2 is 1.48 bits per heavy atom. The zero-order valence-corrected chi connectivity index (χ0v) is 23.5. The average Bonchev–Trinajstić information content (AvgIpc) is 2.93. The van der Waals surface area contributed by atoms with Crippen LogP contribution >= 0.6 is 0 Å². The Bertz CT molecular complexity index is 1310. The fourth-order valence-electron chi connectivity index (χ4n) is 3.98. The van der Waals surface area contributed by atoms with E-state index < -0.39 is 35.4 Å². The lowest BCUT2D eigenvalue weighted by Crippen LogP contribution is -2.54. The molecule has 0 bridgehead atoms. The van der Waals surface area contributed by atoms with Crippen molar-refractivity contribution < 1.29 is 24.0 Å². The summed E-state index contributed by atoms with van der Waals surface area (Å²) in [5.74, 6) is -2.00. The van der Waals surface area contributed by atoms with Crippen LogP contribution in [0.3, 0.4) is 0 Å². The monoisotopic (exact) mass is 546 g/mol. The van der Waals surface area contributed by atoms with Crippen LogP contribution in [0.2, 0.25) is 0 Å². The fraction of sp³-hybridized carbons (Fsp3) is 0.355. The van der Waals surface area contributed by atoms with Crippen molar-refractivity contribution in [1.82, 2.24) is 21.4 Å². The number of hydrogen-bond donors (Lipinski definition) is 4. The van der Waals surface area contributed by atoms with Gasteiger partial charge >= 0.3 is 0 Å². The highest BCUT2D eigenvalue weighted by Gasteiger charge is 2.27. The van der Waals surface area contributed by atoms with E-state index in [2.05, 4.69) is 21.4 Å². The van der Waals surface area contributed by atoms with Crippen molar-refractivity contribution in [3.05, 3.63) is 83.9 Å². The maximum Gasteiger partial charge on any atom is 0.246 e. The number of amides is 4. The molecule has 0 aromatic heterocycles. The molecule has 0 saturated carbocycles. The van der Waals surface area contributed by atoms with Gasteiger partial charge in [0.1, 0.15) is 12.1 Å². The molecule has 0 aliphatic heterocycles. The summed E-state index contributed by atoms with van der Waals surface area (Å²) in [6.07, 6.45) is 0.256. The molecule has 3 aromatic carbocycles. The van der Waals surface area contributed by atoms with Crippen LogP contribution in [0.4, 0.5) is 0 Å². The van der Waals surface area contributed by atoms with Crippen molar-refractivity contribution in [2.75, 3.05) is 0 Å². The van der Waals surface area contributed by atoms with E-state index in [1.165, 1.54) is 0 Å². The Labute approximate surface area is 235 Å². The number of carbonyl (C=O) groups excluding carboxylic acids is 4. The quantitative estimate of drug-likeness (QED) is 0.259. The van der Waals surface area contributed by atoms with Crippen LogP contribution in [-0.4, -0.2) is 41.3 Å². The molecule has 0 fully saturated rings. The van der Waals surface area contributed by atoms with E-state index in [4.69, 9.17) is 4.84 Å². The molecule has 0 aliphatic rings. The number of hydroxylamine groups is 1. The molecule has 212 valence electrons. The van der Waals surface area contributed by atoms with Crippen LogP contribution in [0, 0.1) is 0 Å². The Morgan fingerprint density at radius 1 is 0.800 bits per heavy atom. The topological polar surface area (TPSA) is 126 Å². The van der Waals surface area contributed by atoms with Crippen molar-refractivity contribution in [3.8, 4) is 0 Å². The third-order valence-corrected chi connectivity index (χ3v) is 6.08. The van der Waals surface area contributed by atoms with Crippen LogP contribution in [0.5, 0.6) is 0 Å². The van der Waals surface area contributed by atoms with Crippen LogP contribution in [-0.2, 0) is 37.0 Å². The summed E-state index contributed by atoms with van der Waals surface area (Å²) in [6.45, 7) is 7.13. The molecular weight excluding hydrogens is 508 g/mol. The van der Waals surface area contributed by atoms with E-state index in [-0.39, 0.29) is 25.3 Å². The number of fused-ring (bicyclic) bond motifs is 1. The van der Waals surface area contributed by atoms with Crippen LogP contribution < -0.4 is 21.4 Å². The summed E-state index contributed by atoms with van der Waals surface area (Å²) in [5.41, 5.74) is 3.61. The fourth-order valence-corrected chi connectivity index (χ4v) is 3.98. The first-order valence-electron chi connectivity index (χ1n) is 13.4. The predicted octanol–water partition coefficient (Wildman–Crippen LogP) is 3.31. The largest absolute Gasteiger partial charge is 0.350 e. The van der Waals surface area contributed by atoms with Gasteiger partial charge in [0.05, 0.1) is 12.0 Å². The molecule has 0 radical (unpaired) electrons. The van der Waals surface area contributed by atoms with Crippen molar-refractivity contribution in [1.29, 1.82) is 0 Å². The van der Waals surface area contributed by atoms with Crippen LogP contribution in [0.15, 0.2) is 72.8 Å². The van der Waals surface area contributed by atoms with Gasteiger partial charge in [-0.05, 0) is 56.0 Å². The minimum Gasteiger partial charge on any atom is -0.350 e. The summed E-state index contributed by atoms with van der Waals surface area (Å²) in [4.78, 5) is 56.4. The molecule has 0 saturated heterocycles. The molecule has 4 amide bonds. The number of aryl methyl sites for hydroxylation is 1. The number of hydrogen-bond acceptors (Lipinski definition) is 5. The SMILES string of the molecule is C[C@H](NC(=O)[C@H](CC(=O)NOC(C)(C)C)NC(=O)CCc1ccccc1)C(=O)NCc1cccc2ccccc12. The van der Waals surface area contributed by atoms with Gasteiger partial charge in [-0.1, -0.05) is 72.8 Å². The second-order valence-corrected chi connectivity index (χ2v) is 10.6. The van der Waals surface area contributed by atoms with Crippen molar-refractivity contribution in [2.45, 2.75) is 71.2 Å². The van der Waals surface area contributed by atoms with E-state index in [0.29, 0.717) is 6.42 Å².